The summed E-state index contributed by atoms with van der Waals surface area (Å²) in [6, 6.07) is 6.51. The van der Waals surface area contributed by atoms with Crippen LogP contribution in [0.2, 0.25) is 0 Å². The van der Waals surface area contributed by atoms with Crippen LogP contribution in [0.25, 0.3) is 0 Å². The molecular formula is C25H36N4O3. The number of carbonyl (C=O) groups excluding carboxylic acids is 1. The molecule has 1 N–H and O–H groups in total. The summed E-state index contributed by atoms with van der Waals surface area (Å²) in [5, 5.41) is 12.2. The Morgan fingerprint density at radius 3 is 2.84 bits per heavy atom. The van der Waals surface area contributed by atoms with Crippen LogP contribution in [0, 0.1) is 6.92 Å². The Morgan fingerprint density at radius 1 is 1.22 bits per heavy atom. The van der Waals surface area contributed by atoms with Gasteiger partial charge in [0.1, 0.15) is 17.4 Å². The fraction of sp³-hybridized carbons (Fsp3) is 0.640. The minimum Gasteiger partial charge on any atom is -0.494 e. The normalized spacial score (nSPS) is 19.2. The molecule has 2 aliphatic rings. The highest BCUT2D eigenvalue weighted by molar-refractivity contribution is 5.76. The van der Waals surface area contributed by atoms with E-state index < -0.39 is 0 Å². The van der Waals surface area contributed by atoms with E-state index in [1.807, 2.05) is 13.0 Å². The van der Waals surface area contributed by atoms with Gasteiger partial charge in [-0.05, 0) is 69.6 Å². The topological polar surface area (TPSA) is 78.3 Å². The second kappa shape index (κ2) is 10.9. The summed E-state index contributed by atoms with van der Waals surface area (Å²) in [6.07, 6.45) is 7.08. The molecule has 0 spiro atoms. The summed E-state index contributed by atoms with van der Waals surface area (Å²) >= 11 is 0. The molecule has 0 radical (unpaired) electrons. The SMILES string of the molecule is CCOc1ccc(CCCC(=O)NC2CCc3nnc(C4CCOCC4)n3CC2)cc1C. The molecule has 0 bridgehead atoms. The zero-order valence-corrected chi connectivity index (χ0v) is 19.4. The zero-order valence-electron chi connectivity index (χ0n) is 19.4. The Kier molecular flexibility index (Phi) is 7.79. The first-order valence-electron chi connectivity index (χ1n) is 12.2. The molecule has 1 aromatic heterocycles. The number of hydrogen-bond donors (Lipinski definition) is 1. The molecule has 7 nitrogen and oxygen atoms in total. The highest BCUT2D eigenvalue weighted by Gasteiger charge is 2.26. The van der Waals surface area contributed by atoms with Crippen LogP contribution < -0.4 is 10.1 Å². The molecule has 2 aromatic rings. The van der Waals surface area contributed by atoms with E-state index >= 15 is 0 Å². The molecule has 1 unspecified atom stereocenters. The van der Waals surface area contributed by atoms with Gasteiger partial charge in [-0.25, -0.2) is 0 Å². The summed E-state index contributed by atoms with van der Waals surface area (Å²) in [5.41, 5.74) is 2.41. The molecule has 7 heteroatoms. The van der Waals surface area contributed by atoms with Gasteiger partial charge >= 0.3 is 0 Å². The van der Waals surface area contributed by atoms with Gasteiger partial charge in [0.25, 0.3) is 0 Å². The number of rotatable bonds is 8. The smallest absolute Gasteiger partial charge is 0.220 e. The molecule has 2 aliphatic heterocycles. The summed E-state index contributed by atoms with van der Waals surface area (Å²) in [4.78, 5) is 12.6. The summed E-state index contributed by atoms with van der Waals surface area (Å²) in [7, 11) is 0. The molecule has 3 heterocycles. The van der Waals surface area contributed by atoms with Gasteiger partial charge in [-0.15, -0.1) is 10.2 Å². The van der Waals surface area contributed by atoms with Crippen molar-refractivity contribution in [1.29, 1.82) is 0 Å². The van der Waals surface area contributed by atoms with E-state index in [4.69, 9.17) is 9.47 Å². The van der Waals surface area contributed by atoms with E-state index in [1.165, 1.54) is 5.56 Å². The number of fused-ring (bicyclic) bond motifs is 1. The minimum absolute atomic E-state index is 0.153. The second-order valence-corrected chi connectivity index (χ2v) is 8.99. The highest BCUT2D eigenvalue weighted by atomic mass is 16.5. The summed E-state index contributed by atoms with van der Waals surface area (Å²) in [6.45, 7) is 7.24. The van der Waals surface area contributed by atoms with Crippen LogP contribution in [-0.2, 0) is 28.9 Å². The number of aromatic nitrogens is 3. The van der Waals surface area contributed by atoms with Crippen molar-refractivity contribution in [1.82, 2.24) is 20.1 Å². The molecule has 4 rings (SSSR count). The first-order valence-corrected chi connectivity index (χ1v) is 12.2. The third-order valence-corrected chi connectivity index (χ3v) is 6.63. The average molecular weight is 441 g/mol. The van der Waals surface area contributed by atoms with Crippen LogP contribution >= 0.6 is 0 Å². The maximum atomic E-state index is 12.6. The van der Waals surface area contributed by atoms with Crippen molar-refractivity contribution in [2.45, 2.75) is 83.7 Å². The molecular weight excluding hydrogens is 404 g/mol. The van der Waals surface area contributed by atoms with Crippen molar-refractivity contribution in [2.24, 2.45) is 0 Å². The first kappa shape index (κ1) is 22.8. The molecule has 174 valence electrons. The Balaban J connectivity index is 1.23. The lowest BCUT2D eigenvalue weighted by atomic mass is 9.99. The molecule has 1 aromatic carbocycles. The maximum absolute atomic E-state index is 12.6. The number of nitrogens with zero attached hydrogens (tertiary/aromatic N) is 3. The van der Waals surface area contributed by atoms with Crippen molar-refractivity contribution in [3.8, 4) is 5.75 Å². The van der Waals surface area contributed by atoms with Crippen molar-refractivity contribution in [3.63, 3.8) is 0 Å². The largest absolute Gasteiger partial charge is 0.494 e. The van der Waals surface area contributed by atoms with Gasteiger partial charge in [-0.3, -0.25) is 4.79 Å². The number of carbonyl (C=O) groups is 1. The Bertz CT molecular complexity index is 905. The number of amides is 1. The highest BCUT2D eigenvalue weighted by Crippen LogP contribution is 2.28. The summed E-state index contributed by atoms with van der Waals surface area (Å²) in [5.74, 6) is 3.72. The second-order valence-electron chi connectivity index (χ2n) is 8.99. The van der Waals surface area contributed by atoms with Gasteiger partial charge in [0.05, 0.1) is 6.61 Å². The van der Waals surface area contributed by atoms with E-state index in [9.17, 15) is 4.79 Å². The predicted molar refractivity (Wildman–Crippen MR) is 123 cm³/mol. The van der Waals surface area contributed by atoms with E-state index in [0.717, 1.165) is 87.7 Å². The van der Waals surface area contributed by atoms with Crippen molar-refractivity contribution in [2.75, 3.05) is 19.8 Å². The van der Waals surface area contributed by atoms with Gasteiger partial charge in [0.2, 0.25) is 5.91 Å². The van der Waals surface area contributed by atoms with Crippen LogP contribution in [0.5, 0.6) is 5.75 Å². The van der Waals surface area contributed by atoms with Crippen molar-refractivity contribution < 1.29 is 14.3 Å². The molecule has 1 fully saturated rings. The number of aryl methyl sites for hydroxylation is 3. The molecule has 1 atom stereocenters. The molecule has 1 amide bonds. The molecule has 1 saturated heterocycles. The van der Waals surface area contributed by atoms with Crippen LogP contribution in [0.3, 0.4) is 0 Å². The van der Waals surface area contributed by atoms with Crippen LogP contribution in [0.15, 0.2) is 18.2 Å². The maximum Gasteiger partial charge on any atom is 0.220 e. The number of nitrogens with one attached hydrogen (secondary N) is 1. The van der Waals surface area contributed by atoms with E-state index in [-0.39, 0.29) is 11.9 Å². The molecule has 0 aliphatic carbocycles. The third kappa shape index (κ3) is 5.68. The van der Waals surface area contributed by atoms with Gasteiger partial charge in [-0.2, -0.15) is 0 Å². The number of benzene rings is 1. The van der Waals surface area contributed by atoms with Gasteiger partial charge < -0.3 is 19.4 Å². The summed E-state index contributed by atoms with van der Waals surface area (Å²) < 4.78 is 13.4. The Hall–Kier alpha value is -2.41. The fourth-order valence-corrected chi connectivity index (χ4v) is 4.85. The van der Waals surface area contributed by atoms with Crippen molar-refractivity contribution >= 4 is 5.91 Å². The lowest BCUT2D eigenvalue weighted by Crippen LogP contribution is -2.35. The van der Waals surface area contributed by atoms with Gasteiger partial charge in [0.15, 0.2) is 0 Å². The Morgan fingerprint density at radius 2 is 2.06 bits per heavy atom. The average Bonchev–Trinajstić information content (AvgIpc) is 3.11. The molecule has 32 heavy (non-hydrogen) atoms. The quantitative estimate of drug-likeness (QED) is 0.677. The minimum atomic E-state index is 0.153. The van der Waals surface area contributed by atoms with Crippen LogP contribution in [0.4, 0.5) is 0 Å². The van der Waals surface area contributed by atoms with E-state index in [2.05, 4.69) is 39.1 Å². The lowest BCUT2D eigenvalue weighted by molar-refractivity contribution is -0.122. The number of hydrogen-bond acceptors (Lipinski definition) is 5. The van der Waals surface area contributed by atoms with E-state index in [1.54, 1.807) is 0 Å². The predicted octanol–water partition coefficient (Wildman–Crippen LogP) is 3.72. The monoisotopic (exact) mass is 440 g/mol. The third-order valence-electron chi connectivity index (χ3n) is 6.63. The van der Waals surface area contributed by atoms with Crippen LogP contribution in [0.1, 0.15) is 74.1 Å². The fourth-order valence-electron chi connectivity index (χ4n) is 4.85. The van der Waals surface area contributed by atoms with Crippen LogP contribution in [-0.4, -0.2) is 46.5 Å². The number of ether oxygens (including phenoxy) is 2. The van der Waals surface area contributed by atoms with E-state index in [0.29, 0.717) is 18.9 Å². The van der Waals surface area contributed by atoms with Crippen molar-refractivity contribution in [3.05, 3.63) is 41.0 Å². The van der Waals surface area contributed by atoms with Gasteiger partial charge in [-0.1, -0.05) is 12.1 Å². The first-order chi connectivity index (χ1) is 15.6. The standard InChI is InChI=1S/C25H36N4O3/c1-3-32-22-9-7-19(17-18(22)2)5-4-6-24(30)26-21-8-10-23-27-28-25(29(23)14-11-21)20-12-15-31-16-13-20/h7,9,17,20-21H,3-6,8,10-16H2,1-2H3,(H,26,30). The molecule has 0 saturated carbocycles. The lowest BCUT2D eigenvalue weighted by Gasteiger charge is -2.22. The van der Waals surface area contributed by atoms with Gasteiger partial charge in [0, 0.05) is 44.6 Å². The Labute approximate surface area is 190 Å². The zero-order chi connectivity index (χ0) is 22.3.